The Hall–Kier alpha value is -0.160. The Kier molecular flexibility index (Phi) is 5.41. The van der Waals surface area contributed by atoms with E-state index in [9.17, 15) is 4.79 Å². The first-order valence-electron chi connectivity index (χ1n) is 2.80. The first-order chi connectivity index (χ1) is 5.24. The van der Waals surface area contributed by atoms with Crippen molar-refractivity contribution in [3.8, 4) is 0 Å². The average Bonchev–Trinajstić information content (AvgIpc) is 2.05. The molecule has 0 saturated carbocycles. The molecule has 0 aliphatic carbocycles. The van der Waals surface area contributed by atoms with Crippen LogP contribution in [0.4, 0.5) is 0 Å². The summed E-state index contributed by atoms with van der Waals surface area (Å²) in [5.41, 5.74) is 0.150. The van der Waals surface area contributed by atoms with Gasteiger partial charge in [0.15, 0.2) is 5.69 Å². The van der Waals surface area contributed by atoms with Crippen LogP contribution in [0.2, 0.25) is 5.15 Å². The number of aromatic nitrogens is 2. The van der Waals surface area contributed by atoms with E-state index in [4.69, 9.17) is 11.6 Å². The molecule has 60 valence electrons. The Labute approximate surface area is 96.6 Å². The fraction of sp³-hybridized carbons (Fsp3) is 0.167. The summed E-state index contributed by atoms with van der Waals surface area (Å²) in [6.07, 6.45) is 2.54. The standard InChI is InChI=1S/C6H5ClN2O2.Na.H/c1-11-6(10)4-2-9-5(7)3-8-4;;/h2-3H,1H3;;. The monoisotopic (exact) mass is 196 g/mol. The van der Waals surface area contributed by atoms with E-state index in [0.717, 1.165) is 0 Å². The second-order valence-electron chi connectivity index (χ2n) is 1.72. The maximum atomic E-state index is 10.8. The van der Waals surface area contributed by atoms with Crippen molar-refractivity contribution in [2.75, 3.05) is 7.11 Å². The van der Waals surface area contributed by atoms with Gasteiger partial charge in [0.2, 0.25) is 0 Å². The predicted molar refractivity (Wildman–Crippen MR) is 45.5 cm³/mol. The number of carbonyl (C=O) groups excluding carboxylic acids is 1. The van der Waals surface area contributed by atoms with Gasteiger partial charge >= 0.3 is 35.5 Å². The number of hydrogen-bond acceptors (Lipinski definition) is 4. The Bertz CT molecular complexity index is 265. The van der Waals surface area contributed by atoms with Crippen LogP contribution in [0.5, 0.6) is 0 Å². The number of rotatable bonds is 1. The second kappa shape index (κ2) is 5.48. The minimum atomic E-state index is -0.519. The Morgan fingerprint density at radius 2 is 2.17 bits per heavy atom. The van der Waals surface area contributed by atoms with Gasteiger partial charge in [0.25, 0.3) is 0 Å². The predicted octanol–water partition coefficient (Wildman–Crippen LogP) is 0.268. The van der Waals surface area contributed by atoms with Gasteiger partial charge in [0.1, 0.15) is 5.15 Å². The van der Waals surface area contributed by atoms with Gasteiger partial charge in [-0.05, 0) is 0 Å². The number of carbonyl (C=O) groups is 1. The van der Waals surface area contributed by atoms with Crippen LogP contribution in [0.3, 0.4) is 0 Å². The molecule has 4 nitrogen and oxygen atoms in total. The van der Waals surface area contributed by atoms with Gasteiger partial charge in [-0.1, -0.05) is 11.6 Å². The van der Waals surface area contributed by atoms with Gasteiger partial charge < -0.3 is 4.74 Å². The second-order valence-corrected chi connectivity index (χ2v) is 2.10. The number of ether oxygens (including phenoxy) is 1. The molecular formula is C6H6ClN2NaO2. The van der Waals surface area contributed by atoms with Gasteiger partial charge in [-0.2, -0.15) is 0 Å². The van der Waals surface area contributed by atoms with E-state index in [2.05, 4.69) is 14.7 Å². The Morgan fingerprint density at radius 1 is 1.50 bits per heavy atom. The number of methoxy groups -OCH3 is 1. The van der Waals surface area contributed by atoms with E-state index in [-0.39, 0.29) is 40.4 Å². The van der Waals surface area contributed by atoms with Crippen LogP contribution < -0.4 is 0 Å². The fourth-order valence-electron chi connectivity index (χ4n) is 0.522. The van der Waals surface area contributed by atoms with Crippen LogP contribution in [0.25, 0.3) is 0 Å². The molecule has 0 unspecified atom stereocenters. The van der Waals surface area contributed by atoms with Crippen molar-refractivity contribution < 1.29 is 9.53 Å². The van der Waals surface area contributed by atoms with Crippen LogP contribution in [0, 0.1) is 0 Å². The van der Waals surface area contributed by atoms with Crippen LogP contribution in [0.1, 0.15) is 10.5 Å². The first-order valence-corrected chi connectivity index (χ1v) is 3.17. The molecule has 0 radical (unpaired) electrons. The van der Waals surface area contributed by atoms with E-state index >= 15 is 0 Å². The molecule has 0 fully saturated rings. The van der Waals surface area contributed by atoms with Crippen molar-refractivity contribution in [3.63, 3.8) is 0 Å². The third kappa shape index (κ3) is 3.06. The summed E-state index contributed by atoms with van der Waals surface area (Å²) in [6, 6.07) is 0. The van der Waals surface area contributed by atoms with Crippen LogP contribution in [-0.2, 0) is 4.74 Å². The van der Waals surface area contributed by atoms with E-state index in [1.54, 1.807) is 0 Å². The van der Waals surface area contributed by atoms with Crippen molar-refractivity contribution in [2.24, 2.45) is 0 Å². The summed E-state index contributed by atoms with van der Waals surface area (Å²) in [4.78, 5) is 18.1. The van der Waals surface area contributed by atoms with Crippen molar-refractivity contribution in [1.82, 2.24) is 9.97 Å². The van der Waals surface area contributed by atoms with Crippen molar-refractivity contribution in [1.29, 1.82) is 0 Å². The minimum absolute atomic E-state index is 0. The fourth-order valence-corrected chi connectivity index (χ4v) is 0.620. The summed E-state index contributed by atoms with van der Waals surface area (Å²) in [5.74, 6) is -0.519. The van der Waals surface area contributed by atoms with Crippen molar-refractivity contribution in [3.05, 3.63) is 23.2 Å². The Balaban J connectivity index is 0.00000121. The molecule has 0 saturated heterocycles. The summed E-state index contributed by atoms with van der Waals surface area (Å²) >= 11 is 5.43. The molecule has 0 aliphatic rings. The molecule has 0 aromatic carbocycles. The number of halogens is 1. The molecule has 1 aromatic rings. The molecule has 0 aliphatic heterocycles. The molecule has 0 spiro atoms. The van der Waals surface area contributed by atoms with E-state index in [1.807, 2.05) is 0 Å². The summed E-state index contributed by atoms with van der Waals surface area (Å²) in [7, 11) is 1.28. The normalized spacial score (nSPS) is 8.50. The van der Waals surface area contributed by atoms with Gasteiger partial charge in [0.05, 0.1) is 19.5 Å². The third-order valence-electron chi connectivity index (χ3n) is 1.01. The Morgan fingerprint density at radius 3 is 2.58 bits per heavy atom. The molecule has 0 N–H and O–H groups in total. The molecule has 12 heavy (non-hydrogen) atoms. The topological polar surface area (TPSA) is 52.1 Å². The number of esters is 1. The zero-order valence-corrected chi connectivity index (χ0v) is 6.50. The van der Waals surface area contributed by atoms with Gasteiger partial charge in [-0.15, -0.1) is 0 Å². The molecule has 1 aromatic heterocycles. The van der Waals surface area contributed by atoms with Gasteiger partial charge in [-0.3, -0.25) is 0 Å². The average molecular weight is 197 g/mol. The molecule has 1 rings (SSSR count). The van der Waals surface area contributed by atoms with Crippen molar-refractivity contribution in [2.45, 2.75) is 0 Å². The van der Waals surface area contributed by atoms with Crippen LogP contribution >= 0.6 is 11.6 Å². The van der Waals surface area contributed by atoms with E-state index in [1.165, 1.54) is 19.5 Å². The summed E-state index contributed by atoms with van der Waals surface area (Å²) < 4.78 is 4.39. The molecule has 1 heterocycles. The molecule has 0 amide bonds. The quantitative estimate of drug-likeness (QED) is 0.478. The van der Waals surface area contributed by atoms with Gasteiger partial charge in [-0.25, -0.2) is 14.8 Å². The number of nitrogens with zero attached hydrogens (tertiary/aromatic N) is 2. The molecular weight excluding hydrogens is 191 g/mol. The van der Waals surface area contributed by atoms with Crippen LogP contribution in [0.15, 0.2) is 12.4 Å². The zero-order valence-electron chi connectivity index (χ0n) is 5.74. The number of hydrogen-bond donors (Lipinski definition) is 0. The summed E-state index contributed by atoms with van der Waals surface area (Å²) in [6.45, 7) is 0. The third-order valence-corrected chi connectivity index (χ3v) is 1.21. The SMILES string of the molecule is COC(=O)c1cnc(Cl)cn1.[NaH]. The first kappa shape index (κ1) is 11.8. The zero-order chi connectivity index (χ0) is 8.27. The molecule has 0 atom stereocenters. The molecule has 6 heteroatoms. The van der Waals surface area contributed by atoms with E-state index in [0.29, 0.717) is 0 Å². The van der Waals surface area contributed by atoms with Gasteiger partial charge in [0, 0.05) is 0 Å². The van der Waals surface area contributed by atoms with E-state index < -0.39 is 5.97 Å². The molecule has 0 bridgehead atoms. The van der Waals surface area contributed by atoms with Crippen LogP contribution in [-0.4, -0.2) is 52.6 Å². The summed E-state index contributed by atoms with van der Waals surface area (Å²) in [5, 5.41) is 0.248. The maximum absolute atomic E-state index is 10.8. The van der Waals surface area contributed by atoms with Crippen molar-refractivity contribution >= 4 is 47.1 Å².